The van der Waals surface area contributed by atoms with Gasteiger partial charge in [-0.3, -0.25) is 0 Å². The van der Waals surface area contributed by atoms with Crippen LogP contribution in [0.5, 0.6) is 5.75 Å². The number of sulfone groups is 1. The van der Waals surface area contributed by atoms with Crippen LogP contribution in [0.3, 0.4) is 0 Å². The van der Waals surface area contributed by atoms with Crippen molar-refractivity contribution in [3.05, 3.63) is 29.8 Å². The third kappa shape index (κ3) is 9.26. The standard InChI is InChI=1S/C21H32O4S/c1-7-18(3)25-20-11-8-10-19(14-20)17(2)15-26(22,23)13-9-12-24-16-21(4,5)6/h1,8,10-11,14,17-18H,9,12-13,15-16H2,2-6H3/t17-,18-/m0/s1. The van der Waals surface area contributed by atoms with Crippen molar-refractivity contribution in [1.82, 2.24) is 0 Å². The van der Waals surface area contributed by atoms with Gasteiger partial charge in [0.1, 0.15) is 5.75 Å². The lowest BCUT2D eigenvalue weighted by atomic mass is 9.99. The highest BCUT2D eigenvalue weighted by Crippen LogP contribution is 2.23. The van der Waals surface area contributed by atoms with Crippen LogP contribution in [0.25, 0.3) is 0 Å². The molecule has 0 aromatic heterocycles. The van der Waals surface area contributed by atoms with Gasteiger partial charge >= 0.3 is 0 Å². The molecule has 0 radical (unpaired) electrons. The van der Waals surface area contributed by atoms with Gasteiger partial charge in [-0.15, -0.1) is 6.42 Å². The number of rotatable bonds is 10. The van der Waals surface area contributed by atoms with Crippen molar-refractivity contribution in [2.45, 2.75) is 53.1 Å². The molecule has 0 aliphatic carbocycles. The van der Waals surface area contributed by atoms with Gasteiger partial charge in [-0.1, -0.05) is 45.7 Å². The molecule has 0 amide bonds. The molecule has 0 aliphatic rings. The number of benzene rings is 1. The molecule has 2 atom stereocenters. The SMILES string of the molecule is C#C[C@H](C)Oc1cccc([C@@H](C)CS(=O)(=O)CCCOCC(C)(C)C)c1. The Hall–Kier alpha value is -1.51. The zero-order chi connectivity index (χ0) is 19.8. The van der Waals surface area contributed by atoms with Crippen molar-refractivity contribution in [3.63, 3.8) is 0 Å². The first-order valence-electron chi connectivity index (χ1n) is 9.03. The van der Waals surface area contributed by atoms with Crippen LogP contribution < -0.4 is 4.74 Å². The van der Waals surface area contributed by atoms with Crippen LogP contribution in [0.4, 0.5) is 0 Å². The van der Waals surface area contributed by atoms with Crippen LogP contribution in [0, 0.1) is 17.8 Å². The Bertz CT molecular complexity index is 695. The van der Waals surface area contributed by atoms with Crippen molar-refractivity contribution in [2.24, 2.45) is 5.41 Å². The first kappa shape index (κ1) is 22.5. The van der Waals surface area contributed by atoms with Crippen LogP contribution in [0.2, 0.25) is 0 Å². The predicted octanol–water partition coefficient (Wildman–Crippen LogP) is 4.06. The van der Waals surface area contributed by atoms with E-state index in [1.807, 2.05) is 31.2 Å². The molecular formula is C21H32O4S. The van der Waals surface area contributed by atoms with Crippen molar-refractivity contribution in [2.75, 3.05) is 24.7 Å². The summed E-state index contributed by atoms with van der Waals surface area (Å²) in [6, 6.07) is 7.46. The van der Waals surface area contributed by atoms with Crippen LogP contribution in [0.15, 0.2) is 24.3 Å². The van der Waals surface area contributed by atoms with Gasteiger partial charge in [0, 0.05) is 6.61 Å². The summed E-state index contributed by atoms with van der Waals surface area (Å²) in [6.07, 6.45) is 5.53. The van der Waals surface area contributed by atoms with E-state index in [-0.39, 0.29) is 28.9 Å². The maximum Gasteiger partial charge on any atom is 0.156 e. The summed E-state index contributed by atoms with van der Waals surface area (Å²) >= 11 is 0. The van der Waals surface area contributed by atoms with E-state index in [0.29, 0.717) is 25.4 Å². The summed E-state index contributed by atoms with van der Waals surface area (Å²) in [4.78, 5) is 0. The summed E-state index contributed by atoms with van der Waals surface area (Å²) in [7, 11) is -3.14. The molecule has 0 fully saturated rings. The zero-order valence-electron chi connectivity index (χ0n) is 16.6. The Morgan fingerprint density at radius 3 is 2.54 bits per heavy atom. The Balaban J connectivity index is 2.53. The van der Waals surface area contributed by atoms with E-state index in [0.717, 1.165) is 5.56 Å². The van der Waals surface area contributed by atoms with Crippen molar-refractivity contribution in [1.29, 1.82) is 0 Å². The molecular weight excluding hydrogens is 348 g/mol. The average molecular weight is 381 g/mol. The topological polar surface area (TPSA) is 52.6 Å². The van der Waals surface area contributed by atoms with E-state index in [4.69, 9.17) is 15.9 Å². The Labute approximate surface area is 159 Å². The van der Waals surface area contributed by atoms with E-state index in [1.165, 1.54) is 0 Å². The minimum atomic E-state index is -3.14. The van der Waals surface area contributed by atoms with Crippen LogP contribution >= 0.6 is 0 Å². The number of terminal acetylenes is 1. The molecule has 0 N–H and O–H groups in total. The normalized spacial score (nSPS) is 14.5. The fraction of sp³-hybridized carbons (Fsp3) is 0.619. The van der Waals surface area contributed by atoms with E-state index in [9.17, 15) is 8.42 Å². The van der Waals surface area contributed by atoms with Gasteiger partial charge in [0.2, 0.25) is 0 Å². The van der Waals surface area contributed by atoms with Crippen molar-refractivity contribution < 1.29 is 17.9 Å². The fourth-order valence-corrected chi connectivity index (χ4v) is 4.13. The van der Waals surface area contributed by atoms with Gasteiger partial charge in [0.25, 0.3) is 0 Å². The van der Waals surface area contributed by atoms with Crippen molar-refractivity contribution in [3.8, 4) is 18.1 Å². The summed E-state index contributed by atoms with van der Waals surface area (Å²) in [5.41, 5.74) is 1.02. The summed E-state index contributed by atoms with van der Waals surface area (Å²) in [6.45, 7) is 11.1. The second-order valence-corrected chi connectivity index (χ2v) is 10.2. The first-order valence-corrected chi connectivity index (χ1v) is 10.9. The van der Waals surface area contributed by atoms with E-state index in [2.05, 4.69) is 26.7 Å². The van der Waals surface area contributed by atoms with Crippen LogP contribution in [-0.4, -0.2) is 39.2 Å². The maximum atomic E-state index is 12.4. The molecule has 26 heavy (non-hydrogen) atoms. The molecule has 1 rings (SSSR count). The maximum absolute atomic E-state index is 12.4. The quantitative estimate of drug-likeness (QED) is 0.454. The van der Waals surface area contributed by atoms with Gasteiger partial charge < -0.3 is 9.47 Å². The highest BCUT2D eigenvalue weighted by molar-refractivity contribution is 7.91. The van der Waals surface area contributed by atoms with Gasteiger partial charge in [0.05, 0.1) is 18.1 Å². The molecule has 0 bridgehead atoms. The van der Waals surface area contributed by atoms with E-state index in [1.54, 1.807) is 6.92 Å². The Kier molecular flexibility index (Phi) is 8.66. The predicted molar refractivity (Wildman–Crippen MR) is 107 cm³/mol. The largest absolute Gasteiger partial charge is 0.478 e. The lowest BCUT2D eigenvalue weighted by Gasteiger charge is -2.18. The highest BCUT2D eigenvalue weighted by atomic mass is 32.2. The van der Waals surface area contributed by atoms with Crippen LogP contribution in [-0.2, 0) is 14.6 Å². The third-order valence-corrected chi connectivity index (χ3v) is 5.68. The molecule has 1 aromatic carbocycles. The number of ether oxygens (including phenoxy) is 2. The molecule has 1 aromatic rings. The summed E-state index contributed by atoms with van der Waals surface area (Å²) in [5.74, 6) is 3.32. The van der Waals surface area contributed by atoms with E-state index < -0.39 is 9.84 Å². The molecule has 0 spiro atoms. The highest BCUT2D eigenvalue weighted by Gasteiger charge is 2.18. The van der Waals surface area contributed by atoms with Gasteiger partial charge in [-0.2, -0.15) is 0 Å². The zero-order valence-corrected chi connectivity index (χ0v) is 17.4. The van der Waals surface area contributed by atoms with Crippen LogP contribution in [0.1, 0.15) is 52.5 Å². The monoisotopic (exact) mass is 380 g/mol. The van der Waals surface area contributed by atoms with E-state index >= 15 is 0 Å². The number of hydrogen-bond acceptors (Lipinski definition) is 4. The fourth-order valence-electron chi connectivity index (χ4n) is 2.45. The second-order valence-electron chi connectivity index (χ2n) is 7.98. The molecule has 0 unspecified atom stereocenters. The molecule has 4 nitrogen and oxygen atoms in total. The molecule has 0 aliphatic heterocycles. The second kappa shape index (κ2) is 9.99. The lowest BCUT2D eigenvalue weighted by Crippen LogP contribution is -2.19. The minimum absolute atomic E-state index is 0.0946. The summed E-state index contributed by atoms with van der Waals surface area (Å²) in [5, 5.41) is 0. The number of hydrogen-bond donors (Lipinski definition) is 0. The van der Waals surface area contributed by atoms with Crippen molar-refractivity contribution >= 4 is 9.84 Å². The summed E-state index contributed by atoms with van der Waals surface area (Å²) < 4.78 is 35.9. The molecule has 0 heterocycles. The molecule has 0 saturated heterocycles. The lowest BCUT2D eigenvalue weighted by molar-refractivity contribution is 0.0720. The molecule has 0 saturated carbocycles. The average Bonchev–Trinajstić information content (AvgIpc) is 2.53. The Morgan fingerprint density at radius 1 is 1.23 bits per heavy atom. The smallest absolute Gasteiger partial charge is 0.156 e. The Morgan fingerprint density at radius 2 is 1.92 bits per heavy atom. The van der Waals surface area contributed by atoms with Gasteiger partial charge in [0.15, 0.2) is 15.9 Å². The van der Waals surface area contributed by atoms with Gasteiger partial charge in [-0.05, 0) is 42.4 Å². The molecule has 5 heteroatoms. The van der Waals surface area contributed by atoms with Gasteiger partial charge in [-0.25, -0.2) is 8.42 Å². The minimum Gasteiger partial charge on any atom is -0.478 e. The first-order chi connectivity index (χ1) is 12.0. The molecule has 146 valence electrons. The third-order valence-electron chi connectivity index (χ3n) is 3.76.